The molecule has 0 heterocycles. The van der Waals surface area contributed by atoms with Crippen LogP contribution in [0.2, 0.25) is 0 Å². The predicted molar refractivity (Wildman–Crippen MR) is 67.2 cm³/mol. The van der Waals surface area contributed by atoms with Crippen LogP contribution in [0.3, 0.4) is 0 Å². The van der Waals surface area contributed by atoms with Crippen molar-refractivity contribution in [2.75, 3.05) is 12.8 Å². The van der Waals surface area contributed by atoms with E-state index in [9.17, 15) is 18.0 Å². The number of urea groups is 1. The lowest BCUT2D eigenvalue weighted by Gasteiger charge is -2.25. The van der Waals surface area contributed by atoms with E-state index in [0.717, 1.165) is 6.26 Å². The average Bonchev–Trinajstić information content (AvgIpc) is 2.12. The highest BCUT2D eigenvalue weighted by Crippen LogP contribution is 2.13. The Morgan fingerprint density at radius 2 is 1.61 bits per heavy atom. The van der Waals surface area contributed by atoms with E-state index in [1.165, 1.54) is 27.7 Å². The Bertz CT molecular complexity index is 439. The molecule has 0 aliphatic carbocycles. The van der Waals surface area contributed by atoms with Gasteiger partial charge in [-0.3, -0.25) is 0 Å². The zero-order chi connectivity index (χ0) is 14.8. The van der Waals surface area contributed by atoms with Crippen LogP contribution in [0.25, 0.3) is 0 Å². The van der Waals surface area contributed by atoms with Gasteiger partial charge in [0.05, 0.1) is 4.75 Å². The van der Waals surface area contributed by atoms with Crippen molar-refractivity contribution in [1.82, 2.24) is 10.6 Å². The first-order chi connectivity index (χ1) is 7.79. The third-order valence-corrected chi connectivity index (χ3v) is 4.79. The fourth-order valence-electron chi connectivity index (χ4n) is 0.806. The molecule has 0 atom stereocenters. The second-order valence-corrected chi connectivity index (χ2v) is 7.92. The summed E-state index contributed by atoms with van der Waals surface area (Å²) in [6, 6.07) is -0.723. The molecule has 2 amide bonds. The predicted octanol–water partition coefficient (Wildman–Crippen LogP) is -0.0280. The van der Waals surface area contributed by atoms with E-state index >= 15 is 0 Å². The van der Waals surface area contributed by atoms with E-state index < -0.39 is 32.1 Å². The monoisotopic (exact) mass is 280 g/mol. The summed E-state index contributed by atoms with van der Waals surface area (Å²) in [6.07, 6.45) is 1.08. The number of carboxylic acids is 1. The maximum absolute atomic E-state index is 11.5. The van der Waals surface area contributed by atoms with Crippen molar-refractivity contribution in [1.29, 1.82) is 0 Å². The van der Waals surface area contributed by atoms with Crippen molar-refractivity contribution in [3.8, 4) is 0 Å². The molecular weight excluding hydrogens is 260 g/mol. The molecule has 3 N–H and O–H groups in total. The van der Waals surface area contributed by atoms with Gasteiger partial charge in [-0.25, -0.2) is 18.0 Å². The van der Waals surface area contributed by atoms with Gasteiger partial charge >= 0.3 is 12.0 Å². The second-order valence-electron chi connectivity index (χ2n) is 5.27. The van der Waals surface area contributed by atoms with E-state index in [0.29, 0.717) is 0 Å². The number of carboxylic acid groups (broad SMARTS) is 1. The Hall–Kier alpha value is -1.31. The zero-order valence-electron chi connectivity index (χ0n) is 11.2. The van der Waals surface area contributed by atoms with Gasteiger partial charge in [-0.05, 0) is 27.7 Å². The Morgan fingerprint density at radius 1 is 1.17 bits per heavy atom. The first-order valence-electron chi connectivity index (χ1n) is 5.28. The lowest BCUT2D eigenvalue weighted by molar-refractivity contribution is -0.142. The molecule has 0 unspecified atom stereocenters. The summed E-state index contributed by atoms with van der Waals surface area (Å²) < 4.78 is 21.7. The molecule has 0 radical (unpaired) electrons. The number of carbonyl (C=O) groups excluding carboxylic acids is 1. The topological polar surface area (TPSA) is 113 Å². The van der Waals surface area contributed by atoms with Crippen molar-refractivity contribution in [3.63, 3.8) is 0 Å². The summed E-state index contributed by atoms with van der Waals surface area (Å²) in [4.78, 5) is 22.2. The number of hydrogen-bond donors (Lipinski definition) is 3. The van der Waals surface area contributed by atoms with E-state index in [1.807, 2.05) is 0 Å². The van der Waals surface area contributed by atoms with Crippen molar-refractivity contribution in [2.24, 2.45) is 0 Å². The highest BCUT2D eigenvalue weighted by molar-refractivity contribution is 7.92. The molecule has 0 saturated heterocycles. The van der Waals surface area contributed by atoms with Crippen LogP contribution in [0.4, 0.5) is 4.79 Å². The summed E-state index contributed by atoms with van der Waals surface area (Å²) in [7, 11) is -3.32. The molecule has 7 nitrogen and oxygen atoms in total. The number of amides is 2. The molecule has 0 aromatic heterocycles. The standard InChI is InChI=1S/C10H20N2O5S/c1-9(2,18(5,16)17)6-11-8(15)12-10(3,4)7(13)14/h6H2,1-5H3,(H,13,14)(H2,11,12,15). The Labute approximate surface area is 107 Å². The summed E-state index contributed by atoms with van der Waals surface area (Å²) in [5, 5.41) is 13.4. The van der Waals surface area contributed by atoms with Crippen LogP contribution in [0.1, 0.15) is 27.7 Å². The van der Waals surface area contributed by atoms with Gasteiger partial charge in [0.15, 0.2) is 9.84 Å². The van der Waals surface area contributed by atoms with E-state index in [-0.39, 0.29) is 6.54 Å². The molecule has 0 saturated carbocycles. The quantitative estimate of drug-likeness (QED) is 0.654. The minimum atomic E-state index is -3.32. The van der Waals surface area contributed by atoms with Gasteiger partial charge in [-0.2, -0.15) is 0 Å². The minimum Gasteiger partial charge on any atom is -0.480 e. The van der Waals surface area contributed by atoms with Crippen molar-refractivity contribution >= 4 is 21.8 Å². The molecule has 0 aromatic rings. The lowest BCUT2D eigenvalue weighted by Crippen LogP contribution is -2.55. The summed E-state index contributed by atoms with van der Waals surface area (Å²) in [5.41, 5.74) is -1.42. The highest BCUT2D eigenvalue weighted by Gasteiger charge is 2.32. The summed E-state index contributed by atoms with van der Waals surface area (Å²) in [5.74, 6) is -1.18. The smallest absolute Gasteiger partial charge is 0.328 e. The van der Waals surface area contributed by atoms with Crippen LogP contribution in [-0.2, 0) is 14.6 Å². The summed E-state index contributed by atoms with van der Waals surface area (Å²) in [6.45, 7) is 5.51. The Morgan fingerprint density at radius 3 is 1.94 bits per heavy atom. The molecular formula is C10H20N2O5S. The number of carbonyl (C=O) groups is 2. The van der Waals surface area contributed by atoms with Gasteiger partial charge in [0, 0.05) is 12.8 Å². The first kappa shape index (κ1) is 16.7. The fraction of sp³-hybridized carbons (Fsp3) is 0.800. The maximum atomic E-state index is 11.5. The third-order valence-electron chi connectivity index (χ3n) is 2.64. The maximum Gasteiger partial charge on any atom is 0.328 e. The van der Waals surface area contributed by atoms with Crippen molar-refractivity contribution in [3.05, 3.63) is 0 Å². The van der Waals surface area contributed by atoms with E-state index in [2.05, 4.69) is 10.6 Å². The van der Waals surface area contributed by atoms with Crippen LogP contribution in [0.15, 0.2) is 0 Å². The van der Waals surface area contributed by atoms with E-state index in [4.69, 9.17) is 5.11 Å². The molecule has 0 bridgehead atoms. The number of nitrogens with one attached hydrogen (secondary N) is 2. The van der Waals surface area contributed by atoms with Crippen molar-refractivity contribution in [2.45, 2.75) is 38.0 Å². The fourth-order valence-corrected chi connectivity index (χ4v) is 1.14. The van der Waals surface area contributed by atoms with Gasteiger partial charge in [0.1, 0.15) is 5.54 Å². The molecule has 8 heteroatoms. The Balaban J connectivity index is 4.51. The van der Waals surface area contributed by atoms with Crippen LogP contribution >= 0.6 is 0 Å². The summed E-state index contributed by atoms with van der Waals surface area (Å²) >= 11 is 0. The number of rotatable bonds is 5. The second kappa shape index (κ2) is 5.13. The molecule has 0 aromatic carbocycles. The first-order valence-corrected chi connectivity index (χ1v) is 7.18. The number of aliphatic carboxylic acids is 1. The average molecular weight is 280 g/mol. The lowest BCUT2D eigenvalue weighted by atomic mass is 10.1. The molecule has 0 fully saturated rings. The SMILES string of the molecule is CC(C)(NC(=O)NCC(C)(C)S(C)(=O)=O)C(=O)O. The van der Waals surface area contributed by atoms with Crippen LogP contribution in [0, 0.1) is 0 Å². The molecule has 0 spiro atoms. The van der Waals surface area contributed by atoms with Gasteiger partial charge in [0.25, 0.3) is 0 Å². The third kappa shape index (κ3) is 4.52. The zero-order valence-corrected chi connectivity index (χ0v) is 12.0. The molecule has 0 rings (SSSR count). The van der Waals surface area contributed by atoms with Gasteiger partial charge in [0.2, 0.25) is 0 Å². The molecule has 18 heavy (non-hydrogen) atoms. The molecule has 0 aliphatic rings. The van der Waals surface area contributed by atoms with Crippen LogP contribution in [0.5, 0.6) is 0 Å². The number of hydrogen-bond acceptors (Lipinski definition) is 4. The van der Waals surface area contributed by atoms with Gasteiger partial charge in [-0.1, -0.05) is 0 Å². The number of sulfone groups is 1. The Kier molecular flexibility index (Phi) is 4.76. The van der Waals surface area contributed by atoms with Gasteiger partial charge < -0.3 is 15.7 Å². The molecule has 106 valence electrons. The highest BCUT2D eigenvalue weighted by atomic mass is 32.2. The van der Waals surface area contributed by atoms with E-state index in [1.54, 1.807) is 0 Å². The van der Waals surface area contributed by atoms with Gasteiger partial charge in [-0.15, -0.1) is 0 Å². The normalized spacial score (nSPS) is 12.9. The van der Waals surface area contributed by atoms with Crippen LogP contribution in [-0.4, -0.2) is 48.6 Å². The van der Waals surface area contributed by atoms with Crippen LogP contribution < -0.4 is 10.6 Å². The molecule has 0 aliphatic heterocycles. The van der Waals surface area contributed by atoms with Crippen molar-refractivity contribution < 1.29 is 23.1 Å². The minimum absolute atomic E-state index is 0.104. The largest absolute Gasteiger partial charge is 0.480 e.